The van der Waals surface area contributed by atoms with E-state index in [0.29, 0.717) is 29.4 Å². The van der Waals surface area contributed by atoms with Crippen LogP contribution in [0, 0.1) is 13.8 Å². The highest BCUT2D eigenvalue weighted by Gasteiger charge is 2.17. The molecule has 0 unspecified atom stereocenters. The average molecular weight is 389 g/mol. The molecule has 0 bridgehead atoms. The van der Waals surface area contributed by atoms with Crippen LogP contribution in [0.1, 0.15) is 68.8 Å². The van der Waals surface area contributed by atoms with Gasteiger partial charge >= 0.3 is 6.09 Å². The molecule has 2 N–H and O–H groups in total. The standard InChI is InChI=1S/C15H19N3O4.C6H12/c1-4-7-21-15(20)16-8-11-9(2)18-22-14(11)12-5-6-13(19)10(3)17-12;1-2-4-6-5-3-1/h5-6,19H,4,7-8H2,1-3H3,(H,16,20);1-6H2. The molecule has 7 heteroatoms. The minimum atomic E-state index is -0.483. The predicted molar refractivity (Wildman–Crippen MR) is 107 cm³/mol. The Balaban J connectivity index is 0.000000397. The van der Waals surface area contributed by atoms with E-state index < -0.39 is 6.09 Å². The zero-order chi connectivity index (χ0) is 20.4. The maximum absolute atomic E-state index is 11.5. The Morgan fingerprint density at radius 3 is 2.36 bits per heavy atom. The second kappa shape index (κ2) is 11.3. The van der Waals surface area contributed by atoms with Gasteiger partial charge in [-0.2, -0.15) is 0 Å². The number of rotatable bonds is 5. The van der Waals surface area contributed by atoms with Gasteiger partial charge in [-0.25, -0.2) is 9.78 Å². The fraction of sp³-hybridized carbons (Fsp3) is 0.571. The number of pyridine rings is 1. The molecule has 2 aromatic rings. The number of carbonyl (C=O) groups excluding carboxylic acids is 1. The molecule has 28 heavy (non-hydrogen) atoms. The van der Waals surface area contributed by atoms with Gasteiger partial charge in [0, 0.05) is 5.56 Å². The van der Waals surface area contributed by atoms with Crippen molar-refractivity contribution in [2.75, 3.05) is 6.61 Å². The number of aryl methyl sites for hydroxylation is 2. The number of aromatic nitrogens is 2. The first-order valence-corrected chi connectivity index (χ1v) is 10.1. The van der Waals surface area contributed by atoms with Crippen molar-refractivity contribution in [3.05, 3.63) is 29.1 Å². The van der Waals surface area contributed by atoms with Crippen molar-refractivity contribution in [3.8, 4) is 17.2 Å². The highest BCUT2D eigenvalue weighted by Crippen LogP contribution is 2.27. The van der Waals surface area contributed by atoms with Gasteiger partial charge in [0.25, 0.3) is 0 Å². The largest absolute Gasteiger partial charge is 0.506 e. The van der Waals surface area contributed by atoms with Crippen molar-refractivity contribution in [2.45, 2.75) is 72.3 Å². The number of nitrogens with one attached hydrogen (secondary N) is 1. The van der Waals surface area contributed by atoms with Gasteiger partial charge in [0.05, 0.1) is 24.5 Å². The molecule has 1 fully saturated rings. The third kappa shape index (κ3) is 6.55. The molecule has 0 saturated heterocycles. The van der Waals surface area contributed by atoms with E-state index in [1.54, 1.807) is 26.0 Å². The Morgan fingerprint density at radius 1 is 1.14 bits per heavy atom. The molecular weight excluding hydrogens is 358 g/mol. The van der Waals surface area contributed by atoms with Crippen LogP contribution in [0.25, 0.3) is 11.5 Å². The molecule has 154 valence electrons. The normalized spacial score (nSPS) is 13.4. The first-order valence-electron chi connectivity index (χ1n) is 10.1. The minimum absolute atomic E-state index is 0.114. The summed E-state index contributed by atoms with van der Waals surface area (Å²) in [7, 11) is 0. The first-order chi connectivity index (χ1) is 13.5. The lowest BCUT2D eigenvalue weighted by Crippen LogP contribution is -2.24. The summed E-state index contributed by atoms with van der Waals surface area (Å²) in [6.07, 6.45) is 9.28. The quantitative estimate of drug-likeness (QED) is 0.744. The molecule has 0 radical (unpaired) electrons. The van der Waals surface area contributed by atoms with Crippen LogP contribution in [0.2, 0.25) is 0 Å². The van der Waals surface area contributed by atoms with Crippen LogP contribution in [0.3, 0.4) is 0 Å². The second-order valence-electron chi connectivity index (χ2n) is 6.99. The van der Waals surface area contributed by atoms with Gasteiger partial charge in [0.2, 0.25) is 0 Å². The van der Waals surface area contributed by atoms with Crippen LogP contribution in [0.15, 0.2) is 16.7 Å². The van der Waals surface area contributed by atoms with Crippen molar-refractivity contribution in [1.82, 2.24) is 15.5 Å². The summed E-state index contributed by atoms with van der Waals surface area (Å²) in [5, 5.41) is 16.1. The summed E-state index contributed by atoms with van der Waals surface area (Å²) in [4.78, 5) is 15.8. The van der Waals surface area contributed by atoms with Gasteiger partial charge in [0.15, 0.2) is 5.76 Å². The Bertz CT molecular complexity index is 743. The fourth-order valence-electron chi connectivity index (χ4n) is 2.95. The molecule has 0 spiro atoms. The molecule has 1 saturated carbocycles. The van der Waals surface area contributed by atoms with Crippen molar-refractivity contribution < 1.29 is 19.2 Å². The number of alkyl carbamates (subject to hydrolysis) is 1. The second-order valence-corrected chi connectivity index (χ2v) is 6.99. The highest BCUT2D eigenvalue weighted by molar-refractivity contribution is 5.68. The lowest BCUT2D eigenvalue weighted by atomic mass is 10.0. The maximum Gasteiger partial charge on any atom is 0.407 e. The van der Waals surface area contributed by atoms with Crippen molar-refractivity contribution in [2.24, 2.45) is 0 Å². The van der Waals surface area contributed by atoms with E-state index in [2.05, 4.69) is 15.5 Å². The molecule has 2 aromatic heterocycles. The summed E-state index contributed by atoms with van der Waals surface area (Å²) in [6.45, 7) is 6.01. The van der Waals surface area contributed by atoms with Gasteiger partial charge in [0.1, 0.15) is 11.4 Å². The van der Waals surface area contributed by atoms with Crippen LogP contribution >= 0.6 is 0 Å². The summed E-state index contributed by atoms with van der Waals surface area (Å²) in [6, 6.07) is 3.18. The van der Waals surface area contributed by atoms with Crippen LogP contribution in [-0.2, 0) is 11.3 Å². The summed E-state index contributed by atoms with van der Waals surface area (Å²) in [5.41, 5.74) is 2.44. The van der Waals surface area contributed by atoms with E-state index in [1.165, 1.54) is 38.5 Å². The van der Waals surface area contributed by atoms with Gasteiger partial charge in [-0.15, -0.1) is 0 Å². The fourth-order valence-corrected chi connectivity index (χ4v) is 2.95. The Labute approximate surface area is 166 Å². The van der Waals surface area contributed by atoms with E-state index in [1.807, 2.05) is 6.92 Å². The molecule has 1 aliphatic rings. The summed E-state index contributed by atoms with van der Waals surface area (Å²) in [5.74, 6) is 0.583. The average Bonchev–Trinajstić information content (AvgIpc) is 3.09. The van der Waals surface area contributed by atoms with Gasteiger partial charge in [-0.3, -0.25) is 0 Å². The number of carbonyl (C=O) groups is 1. The Hall–Kier alpha value is -2.57. The van der Waals surface area contributed by atoms with Crippen LogP contribution in [0.4, 0.5) is 4.79 Å². The predicted octanol–water partition coefficient (Wildman–Crippen LogP) is 5.04. The number of hydrogen-bond acceptors (Lipinski definition) is 6. The number of ether oxygens (including phenoxy) is 1. The number of aromatic hydroxyl groups is 1. The van der Waals surface area contributed by atoms with Gasteiger partial charge in [-0.05, 0) is 32.4 Å². The third-order valence-corrected chi connectivity index (χ3v) is 4.62. The Morgan fingerprint density at radius 2 is 1.79 bits per heavy atom. The van der Waals surface area contributed by atoms with Crippen LogP contribution in [-0.4, -0.2) is 27.9 Å². The maximum atomic E-state index is 11.5. The molecule has 1 amide bonds. The lowest BCUT2D eigenvalue weighted by molar-refractivity contribution is 0.146. The van der Waals surface area contributed by atoms with E-state index in [9.17, 15) is 9.90 Å². The number of hydrogen-bond donors (Lipinski definition) is 2. The van der Waals surface area contributed by atoms with Crippen molar-refractivity contribution in [3.63, 3.8) is 0 Å². The van der Waals surface area contributed by atoms with E-state index >= 15 is 0 Å². The molecular formula is C21H31N3O4. The molecule has 7 nitrogen and oxygen atoms in total. The highest BCUT2D eigenvalue weighted by atomic mass is 16.5. The zero-order valence-electron chi connectivity index (χ0n) is 17.1. The van der Waals surface area contributed by atoms with E-state index in [0.717, 1.165) is 12.0 Å². The molecule has 1 aliphatic carbocycles. The van der Waals surface area contributed by atoms with Crippen molar-refractivity contribution >= 4 is 6.09 Å². The van der Waals surface area contributed by atoms with Gasteiger partial charge in [-0.1, -0.05) is 50.6 Å². The van der Waals surface area contributed by atoms with E-state index in [-0.39, 0.29) is 12.3 Å². The molecule has 0 aromatic carbocycles. The summed E-state index contributed by atoms with van der Waals surface area (Å²) < 4.78 is 10.3. The first kappa shape index (κ1) is 21.7. The number of nitrogens with zero attached hydrogens (tertiary/aromatic N) is 2. The van der Waals surface area contributed by atoms with E-state index in [4.69, 9.17) is 9.26 Å². The summed E-state index contributed by atoms with van der Waals surface area (Å²) >= 11 is 0. The molecule has 2 heterocycles. The number of amides is 1. The zero-order valence-corrected chi connectivity index (χ0v) is 17.1. The smallest absolute Gasteiger partial charge is 0.407 e. The SMILES string of the molecule is C1CCCCC1.CCCOC(=O)NCc1c(C)noc1-c1ccc(O)c(C)n1. The Kier molecular flexibility index (Phi) is 8.78. The van der Waals surface area contributed by atoms with Crippen LogP contribution in [0.5, 0.6) is 5.75 Å². The van der Waals surface area contributed by atoms with Gasteiger partial charge < -0.3 is 19.7 Å². The molecule has 0 aliphatic heterocycles. The van der Waals surface area contributed by atoms with Crippen molar-refractivity contribution in [1.29, 1.82) is 0 Å². The molecule has 3 rings (SSSR count). The molecule has 0 atom stereocenters. The third-order valence-electron chi connectivity index (χ3n) is 4.62. The monoisotopic (exact) mass is 389 g/mol. The lowest BCUT2D eigenvalue weighted by Gasteiger charge is -2.07. The van der Waals surface area contributed by atoms with Crippen LogP contribution < -0.4 is 5.32 Å². The minimum Gasteiger partial charge on any atom is -0.506 e. The topological polar surface area (TPSA) is 97.5 Å².